The SMILES string of the molecule is Cc1ncsc1CCN(C)C(=O)[C@H]1Cc2ccccc2CN1. The molecule has 1 aliphatic rings. The minimum atomic E-state index is -0.109. The molecule has 0 radical (unpaired) electrons. The number of carbonyl (C=O) groups excluding carboxylic acids is 1. The van der Waals surface area contributed by atoms with Crippen LogP contribution in [0.3, 0.4) is 0 Å². The number of fused-ring (bicyclic) bond motifs is 1. The van der Waals surface area contributed by atoms with Crippen LogP contribution in [-0.2, 0) is 24.2 Å². The zero-order chi connectivity index (χ0) is 15.5. The maximum absolute atomic E-state index is 12.6. The fraction of sp³-hybridized carbons (Fsp3) is 0.412. The molecule has 2 heterocycles. The number of thiazole rings is 1. The van der Waals surface area contributed by atoms with Gasteiger partial charge in [-0.15, -0.1) is 11.3 Å². The first kappa shape index (κ1) is 15.2. The van der Waals surface area contributed by atoms with Crippen molar-refractivity contribution in [3.8, 4) is 0 Å². The molecule has 2 aromatic rings. The van der Waals surface area contributed by atoms with Crippen LogP contribution in [0.2, 0.25) is 0 Å². The summed E-state index contributed by atoms with van der Waals surface area (Å²) >= 11 is 1.66. The number of nitrogens with zero attached hydrogens (tertiary/aromatic N) is 2. The molecule has 0 spiro atoms. The van der Waals surface area contributed by atoms with Crippen molar-refractivity contribution in [1.29, 1.82) is 0 Å². The number of amides is 1. The van der Waals surface area contributed by atoms with Gasteiger partial charge in [0, 0.05) is 31.4 Å². The average Bonchev–Trinajstić information content (AvgIpc) is 2.96. The Morgan fingerprint density at radius 1 is 1.41 bits per heavy atom. The van der Waals surface area contributed by atoms with Crippen LogP contribution < -0.4 is 5.32 Å². The molecule has 1 atom stereocenters. The highest BCUT2D eigenvalue weighted by atomic mass is 32.1. The van der Waals surface area contributed by atoms with Crippen molar-refractivity contribution in [2.24, 2.45) is 0 Å². The molecule has 1 aromatic carbocycles. The topological polar surface area (TPSA) is 45.2 Å². The fourth-order valence-electron chi connectivity index (χ4n) is 2.84. The van der Waals surface area contributed by atoms with Crippen molar-refractivity contribution in [2.75, 3.05) is 13.6 Å². The van der Waals surface area contributed by atoms with Gasteiger partial charge in [0.1, 0.15) is 0 Å². The van der Waals surface area contributed by atoms with Crippen LogP contribution in [0.25, 0.3) is 0 Å². The number of rotatable bonds is 4. The monoisotopic (exact) mass is 315 g/mol. The van der Waals surface area contributed by atoms with E-state index in [0.29, 0.717) is 0 Å². The maximum Gasteiger partial charge on any atom is 0.239 e. The van der Waals surface area contributed by atoms with Gasteiger partial charge in [0.15, 0.2) is 0 Å². The quantitative estimate of drug-likeness (QED) is 0.940. The van der Waals surface area contributed by atoms with Gasteiger partial charge in [0.05, 0.1) is 17.2 Å². The molecule has 0 bridgehead atoms. The smallest absolute Gasteiger partial charge is 0.239 e. The summed E-state index contributed by atoms with van der Waals surface area (Å²) in [5.74, 6) is 0.177. The standard InChI is InChI=1S/C17H21N3OS/c1-12-16(22-11-19-12)7-8-20(2)17(21)15-9-13-5-3-4-6-14(13)10-18-15/h3-6,11,15,18H,7-10H2,1-2H3/t15-/m1/s1. The number of hydrogen-bond donors (Lipinski definition) is 1. The van der Waals surface area contributed by atoms with Gasteiger partial charge in [-0.1, -0.05) is 24.3 Å². The third-order valence-electron chi connectivity index (χ3n) is 4.27. The van der Waals surface area contributed by atoms with Crippen LogP contribution in [0.1, 0.15) is 21.7 Å². The first-order chi connectivity index (χ1) is 10.6. The first-order valence-electron chi connectivity index (χ1n) is 7.59. The van der Waals surface area contributed by atoms with Crippen molar-refractivity contribution < 1.29 is 4.79 Å². The van der Waals surface area contributed by atoms with Crippen molar-refractivity contribution in [3.63, 3.8) is 0 Å². The minimum absolute atomic E-state index is 0.109. The summed E-state index contributed by atoms with van der Waals surface area (Å²) < 4.78 is 0. The molecule has 0 aliphatic carbocycles. The van der Waals surface area contributed by atoms with Crippen LogP contribution in [0.4, 0.5) is 0 Å². The van der Waals surface area contributed by atoms with Gasteiger partial charge in [-0.05, 0) is 24.5 Å². The number of benzene rings is 1. The van der Waals surface area contributed by atoms with Crippen LogP contribution in [-0.4, -0.2) is 35.4 Å². The number of carbonyl (C=O) groups is 1. The summed E-state index contributed by atoms with van der Waals surface area (Å²) in [6, 6.07) is 8.23. The number of aryl methyl sites for hydroxylation is 1. The first-order valence-corrected chi connectivity index (χ1v) is 8.47. The summed E-state index contributed by atoms with van der Waals surface area (Å²) in [5.41, 5.74) is 5.53. The highest BCUT2D eigenvalue weighted by molar-refractivity contribution is 7.09. The minimum Gasteiger partial charge on any atom is -0.344 e. The highest BCUT2D eigenvalue weighted by Crippen LogP contribution is 2.18. The molecule has 22 heavy (non-hydrogen) atoms. The van der Waals surface area contributed by atoms with E-state index in [1.807, 2.05) is 36.5 Å². The zero-order valence-electron chi connectivity index (χ0n) is 13.0. The Bertz CT molecular complexity index is 667. The number of nitrogens with one attached hydrogen (secondary N) is 1. The summed E-state index contributed by atoms with van der Waals surface area (Å²) in [4.78, 5) is 20.0. The summed E-state index contributed by atoms with van der Waals surface area (Å²) in [7, 11) is 1.89. The van der Waals surface area contributed by atoms with Crippen LogP contribution in [0, 0.1) is 6.92 Å². The van der Waals surface area contributed by atoms with E-state index in [-0.39, 0.29) is 11.9 Å². The Morgan fingerprint density at radius 2 is 2.18 bits per heavy atom. The van der Waals surface area contributed by atoms with Gasteiger partial charge in [-0.3, -0.25) is 4.79 Å². The lowest BCUT2D eigenvalue weighted by Gasteiger charge is -2.29. The molecule has 0 saturated heterocycles. The second kappa shape index (κ2) is 6.58. The second-order valence-corrected chi connectivity index (χ2v) is 6.72. The van der Waals surface area contributed by atoms with Gasteiger partial charge < -0.3 is 10.2 Å². The largest absolute Gasteiger partial charge is 0.344 e. The number of aromatic nitrogens is 1. The van der Waals surface area contributed by atoms with E-state index in [0.717, 1.165) is 31.6 Å². The number of likely N-dealkylation sites (N-methyl/N-ethyl adjacent to an activating group) is 1. The average molecular weight is 315 g/mol. The molecule has 1 N–H and O–H groups in total. The van der Waals surface area contributed by atoms with Gasteiger partial charge in [0.2, 0.25) is 5.91 Å². The van der Waals surface area contributed by atoms with Crippen molar-refractivity contribution in [1.82, 2.24) is 15.2 Å². The molecule has 116 valence electrons. The Balaban J connectivity index is 1.58. The molecule has 1 aromatic heterocycles. The second-order valence-electron chi connectivity index (χ2n) is 5.78. The molecule has 0 saturated carbocycles. The van der Waals surface area contributed by atoms with Crippen molar-refractivity contribution in [2.45, 2.75) is 32.4 Å². The van der Waals surface area contributed by atoms with E-state index in [1.54, 1.807) is 11.3 Å². The predicted molar refractivity (Wildman–Crippen MR) is 89.0 cm³/mol. The lowest BCUT2D eigenvalue weighted by atomic mass is 9.95. The van der Waals surface area contributed by atoms with E-state index >= 15 is 0 Å². The Labute approximate surface area is 135 Å². The molecular weight excluding hydrogens is 294 g/mol. The van der Waals surface area contributed by atoms with Crippen LogP contribution >= 0.6 is 11.3 Å². The predicted octanol–water partition coefficient (Wildman–Crippen LogP) is 2.17. The molecule has 5 heteroatoms. The Kier molecular flexibility index (Phi) is 4.55. The lowest BCUT2D eigenvalue weighted by molar-refractivity contribution is -0.132. The Morgan fingerprint density at radius 3 is 2.91 bits per heavy atom. The molecular formula is C17H21N3OS. The normalized spacial score (nSPS) is 17.1. The van der Waals surface area contributed by atoms with Gasteiger partial charge >= 0.3 is 0 Å². The van der Waals surface area contributed by atoms with Gasteiger partial charge in [-0.2, -0.15) is 0 Å². The molecule has 1 aliphatic heterocycles. The van der Waals surface area contributed by atoms with E-state index in [2.05, 4.69) is 22.4 Å². The summed E-state index contributed by atoms with van der Waals surface area (Å²) in [6.45, 7) is 3.53. The van der Waals surface area contributed by atoms with Crippen molar-refractivity contribution >= 4 is 17.2 Å². The van der Waals surface area contributed by atoms with Crippen LogP contribution in [0.15, 0.2) is 29.8 Å². The van der Waals surface area contributed by atoms with E-state index < -0.39 is 0 Å². The Hall–Kier alpha value is -1.72. The highest BCUT2D eigenvalue weighted by Gasteiger charge is 2.26. The molecule has 0 unspecified atom stereocenters. The van der Waals surface area contributed by atoms with Gasteiger partial charge in [-0.25, -0.2) is 4.98 Å². The summed E-state index contributed by atoms with van der Waals surface area (Å²) in [6.07, 6.45) is 1.65. The molecule has 1 amide bonds. The maximum atomic E-state index is 12.6. The van der Waals surface area contributed by atoms with E-state index in [9.17, 15) is 4.79 Å². The van der Waals surface area contributed by atoms with Crippen molar-refractivity contribution in [3.05, 3.63) is 51.5 Å². The van der Waals surface area contributed by atoms with Crippen LogP contribution in [0.5, 0.6) is 0 Å². The third kappa shape index (κ3) is 3.20. The summed E-state index contributed by atoms with van der Waals surface area (Å²) in [5, 5.41) is 3.36. The van der Waals surface area contributed by atoms with E-state index in [4.69, 9.17) is 0 Å². The van der Waals surface area contributed by atoms with E-state index in [1.165, 1.54) is 16.0 Å². The lowest BCUT2D eigenvalue weighted by Crippen LogP contribution is -2.48. The molecule has 3 rings (SSSR count). The fourth-order valence-corrected chi connectivity index (χ4v) is 3.61. The third-order valence-corrected chi connectivity index (χ3v) is 5.27. The molecule has 4 nitrogen and oxygen atoms in total. The zero-order valence-corrected chi connectivity index (χ0v) is 13.8. The van der Waals surface area contributed by atoms with Gasteiger partial charge in [0.25, 0.3) is 0 Å². The number of hydrogen-bond acceptors (Lipinski definition) is 4. The molecule has 0 fully saturated rings.